The third kappa shape index (κ3) is 5.81. The van der Waals surface area contributed by atoms with Gasteiger partial charge in [0.25, 0.3) is 5.91 Å². The van der Waals surface area contributed by atoms with Crippen LogP contribution in [0, 0.1) is 0 Å². The fraction of sp³-hybridized carbons (Fsp3) is 0.500. The highest BCUT2D eigenvalue weighted by Crippen LogP contribution is 2.23. The molecule has 0 bridgehead atoms. The van der Waals surface area contributed by atoms with E-state index >= 15 is 0 Å². The van der Waals surface area contributed by atoms with Gasteiger partial charge in [-0.25, -0.2) is 0 Å². The van der Waals surface area contributed by atoms with Crippen LogP contribution in [0.2, 0.25) is 10.0 Å². The summed E-state index contributed by atoms with van der Waals surface area (Å²) in [5, 5.41) is 3.72. The molecule has 134 valence electrons. The Labute approximate surface area is 158 Å². The normalized spacial score (nSPS) is 17.1. The van der Waals surface area contributed by atoms with E-state index in [2.05, 4.69) is 5.32 Å². The van der Waals surface area contributed by atoms with Crippen LogP contribution in [-0.2, 0) is 4.79 Å². The SMILES string of the molecule is Cl.NCCC(=O)NCC1CCCCN1C(=O)c1cc(Cl)cc(Cl)c1. The number of hydrogen-bond donors (Lipinski definition) is 2. The van der Waals surface area contributed by atoms with Gasteiger partial charge < -0.3 is 16.0 Å². The molecule has 0 saturated carbocycles. The van der Waals surface area contributed by atoms with E-state index in [1.54, 1.807) is 23.1 Å². The quantitative estimate of drug-likeness (QED) is 0.806. The van der Waals surface area contributed by atoms with Crippen LogP contribution in [0.3, 0.4) is 0 Å². The van der Waals surface area contributed by atoms with E-state index in [4.69, 9.17) is 28.9 Å². The largest absolute Gasteiger partial charge is 0.354 e. The van der Waals surface area contributed by atoms with Gasteiger partial charge in [0.15, 0.2) is 0 Å². The molecule has 1 saturated heterocycles. The smallest absolute Gasteiger partial charge is 0.254 e. The minimum Gasteiger partial charge on any atom is -0.354 e. The van der Waals surface area contributed by atoms with E-state index in [-0.39, 0.29) is 30.3 Å². The molecule has 0 radical (unpaired) electrons. The van der Waals surface area contributed by atoms with Gasteiger partial charge in [-0.2, -0.15) is 0 Å². The van der Waals surface area contributed by atoms with Gasteiger partial charge in [0.2, 0.25) is 5.91 Å². The van der Waals surface area contributed by atoms with Crippen LogP contribution >= 0.6 is 35.6 Å². The van der Waals surface area contributed by atoms with Crippen LogP contribution in [0.1, 0.15) is 36.0 Å². The number of carbonyl (C=O) groups is 2. The van der Waals surface area contributed by atoms with Crippen molar-refractivity contribution in [3.8, 4) is 0 Å². The van der Waals surface area contributed by atoms with Crippen molar-refractivity contribution >= 4 is 47.4 Å². The second-order valence-corrected chi connectivity index (χ2v) is 6.52. The molecule has 0 aliphatic carbocycles. The van der Waals surface area contributed by atoms with Crippen molar-refractivity contribution in [3.63, 3.8) is 0 Å². The van der Waals surface area contributed by atoms with Crippen molar-refractivity contribution in [3.05, 3.63) is 33.8 Å². The maximum atomic E-state index is 12.8. The lowest BCUT2D eigenvalue weighted by atomic mass is 10.0. The predicted molar refractivity (Wildman–Crippen MR) is 99.1 cm³/mol. The summed E-state index contributed by atoms with van der Waals surface area (Å²) in [6.45, 7) is 1.43. The molecule has 2 rings (SSSR count). The van der Waals surface area contributed by atoms with Crippen LogP contribution < -0.4 is 11.1 Å². The molecule has 8 heteroatoms. The summed E-state index contributed by atoms with van der Waals surface area (Å²) in [5.41, 5.74) is 5.84. The number of likely N-dealkylation sites (tertiary alicyclic amines) is 1. The number of rotatable bonds is 5. The Kier molecular flexibility index (Phi) is 8.84. The number of nitrogens with one attached hydrogen (secondary N) is 1. The minimum absolute atomic E-state index is 0. The van der Waals surface area contributed by atoms with Gasteiger partial charge in [-0.05, 0) is 37.5 Å². The molecule has 1 fully saturated rings. The van der Waals surface area contributed by atoms with Gasteiger partial charge in [-0.15, -0.1) is 12.4 Å². The Morgan fingerprint density at radius 3 is 2.50 bits per heavy atom. The molecule has 1 aliphatic heterocycles. The van der Waals surface area contributed by atoms with Crippen molar-refractivity contribution in [2.24, 2.45) is 5.73 Å². The number of carbonyl (C=O) groups excluding carboxylic acids is 2. The van der Waals surface area contributed by atoms with Crippen LogP contribution in [0.25, 0.3) is 0 Å². The van der Waals surface area contributed by atoms with Crippen LogP contribution in [0.15, 0.2) is 18.2 Å². The highest BCUT2D eigenvalue weighted by atomic mass is 35.5. The number of amides is 2. The first-order valence-electron chi connectivity index (χ1n) is 7.75. The molecule has 24 heavy (non-hydrogen) atoms. The standard InChI is InChI=1S/C16H21Cl2N3O2.ClH/c17-12-7-11(8-13(18)9-12)16(23)21-6-2-1-3-14(21)10-20-15(22)4-5-19;/h7-9,14H,1-6,10,19H2,(H,20,22);1H. The van der Waals surface area contributed by atoms with E-state index in [9.17, 15) is 9.59 Å². The Morgan fingerprint density at radius 1 is 1.21 bits per heavy atom. The van der Waals surface area contributed by atoms with Crippen molar-refractivity contribution in [2.75, 3.05) is 19.6 Å². The second kappa shape index (κ2) is 10.1. The molecule has 1 aromatic carbocycles. The summed E-state index contributed by atoms with van der Waals surface area (Å²) in [7, 11) is 0. The lowest BCUT2D eigenvalue weighted by molar-refractivity contribution is -0.121. The molecule has 0 spiro atoms. The molecule has 1 unspecified atom stereocenters. The molecular weight excluding hydrogens is 373 g/mol. The van der Waals surface area contributed by atoms with Crippen LogP contribution in [0.5, 0.6) is 0 Å². The third-order valence-corrected chi connectivity index (χ3v) is 4.34. The number of benzene rings is 1. The fourth-order valence-corrected chi connectivity index (χ4v) is 3.30. The first kappa shape index (κ1) is 21.0. The zero-order chi connectivity index (χ0) is 16.8. The lowest BCUT2D eigenvalue weighted by Crippen LogP contribution is -2.49. The summed E-state index contributed by atoms with van der Waals surface area (Å²) >= 11 is 12.0. The van der Waals surface area contributed by atoms with Gasteiger partial charge in [0.1, 0.15) is 0 Å². The Morgan fingerprint density at radius 2 is 1.88 bits per heavy atom. The number of nitrogens with zero attached hydrogens (tertiary/aromatic N) is 1. The van der Waals surface area contributed by atoms with Gasteiger partial charge >= 0.3 is 0 Å². The first-order chi connectivity index (χ1) is 11.0. The van der Waals surface area contributed by atoms with E-state index in [1.807, 2.05) is 0 Å². The van der Waals surface area contributed by atoms with Gasteiger partial charge in [-0.1, -0.05) is 23.2 Å². The summed E-state index contributed by atoms with van der Waals surface area (Å²) < 4.78 is 0. The lowest BCUT2D eigenvalue weighted by Gasteiger charge is -2.36. The van der Waals surface area contributed by atoms with E-state index in [0.717, 1.165) is 19.3 Å². The molecule has 1 aromatic rings. The highest BCUT2D eigenvalue weighted by molar-refractivity contribution is 6.35. The zero-order valence-corrected chi connectivity index (χ0v) is 15.6. The average Bonchev–Trinajstić information content (AvgIpc) is 2.52. The second-order valence-electron chi connectivity index (χ2n) is 5.65. The monoisotopic (exact) mass is 393 g/mol. The number of piperidine rings is 1. The van der Waals surface area contributed by atoms with E-state index in [1.165, 1.54) is 0 Å². The Bertz CT molecular complexity index is 563. The predicted octanol–water partition coefficient (Wildman–Crippen LogP) is 2.87. The highest BCUT2D eigenvalue weighted by Gasteiger charge is 2.28. The zero-order valence-electron chi connectivity index (χ0n) is 13.3. The van der Waals surface area contributed by atoms with Crippen LogP contribution in [-0.4, -0.2) is 42.4 Å². The van der Waals surface area contributed by atoms with Crippen molar-refractivity contribution in [1.82, 2.24) is 10.2 Å². The van der Waals surface area contributed by atoms with Gasteiger partial charge in [0, 0.05) is 47.7 Å². The summed E-state index contributed by atoms with van der Waals surface area (Å²) in [6, 6.07) is 4.82. The first-order valence-corrected chi connectivity index (χ1v) is 8.50. The Balaban J connectivity index is 0.00000288. The topological polar surface area (TPSA) is 75.4 Å². The molecular formula is C16H22Cl3N3O2. The molecule has 0 aromatic heterocycles. The summed E-state index contributed by atoms with van der Waals surface area (Å²) in [4.78, 5) is 26.2. The van der Waals surface area contributed by atoms with Crippen LogP contribution in [0.4, 0.5) is 0 Å². The maximum Gasteiger partial charge on any atom is 0.254 e. The molecule has 5 nitrogen and oxygen atoms in total. The fourth-order valence-electron chi connectivity index (χ4n) is 2.77. The number of hydrogen-bond acceptors (Lipinski definition) is 3. The summed E-state index contributed by atoms with van der Waals surface area (Å²) in [5.74, 6) is -0.191. The maximum absolute atomic E-state index is 12.8. The average molecular weight is 395 g/mol. The molecule has 1 atom stereocenters. The number of nitrogens with two attached hydrogens (primary N) is 1. The van der Waals surface area contributed by atoms with Crippen molar-refractivity contribution in [2.45, 2.75) is 31.7 Å². The molecule has 1 heterocycles. The van der Waals surface area contributed by atoms with E-state index in [0.29, 0.717) is 41.7 Å². The molecule has 3 N–H and O–H groups in total. The minimum atomic E-state index is -0.104. The molecule has 2 amide bonds. The van der Waals surface area contributed by atoms with E-state index < -0.39 is 0 Å². The van der Waals surface area contributed by atoms with Gasteiger partial charge in [0.05, 0.1) is 0 Å². The number of halogens is 3. The van der Waals surface area contributed by atoms with Crippen molar-refractivity contribution in [1.29, 1.82) is 0 Å². The molecule has 1 aliphatic rings. The Hall–Kier alpha value is -1.01. The third-order valence-electron chi connectivity index (χ3n) is 3.90. The van der Waals surface area contributed by atoms with Crippen molar-refractivity contribution < 1.29 is 9.59 Å². The summed E-state index contributed by atoms with van der Waals surface area (Å²) in [6.07, 6.45) is 3.15. The van der Waals surface area contributed by atoms with Gasteiger partial charge in [-0.3, -0.25) is 9.59 Å².